The van der Waals surface area contributed by atoms with Crippen LogP contribution < -0.4 is 5.32 Å². The van der Waals surface area contributed by atoms with Gasteiger partial charge in [0.2, 0.25) is 0 Å². The highest BCUT2D eigenvalue weighted by molar-refractivity contribution is 5.94. The van der Waals surface area contributed by atoms with Gasteiger partial charge in [0.25, 0.3) is 5.91 Å². The van der Waals surface area contributed by atoms with E-state index in [1.807, 2.05) is 43.3 Å². The van der Waals surface area contributed by atoms with Gasteiger partial charge in [-0.1, -0.05) is 42.5 Å². The number of aryl methyl sites for hydroxylation is 1. The maximum atomic E-state index is 12.6. The number of aromatic nitrogens is 3. The third kappa shape index (κ3) is 4.00. The zero-order valence-corrected chi connectivity index (χ0v) is 16.8. The average molecular weight is 402 g/mol. The van der Waals surface area contributed by atoms with Gasteiger partial charge in [0.1, 0.15) is 5.82 Å². The summed E-state index contributed by atoms with van der Waals surface area (Å²) in [5.74, 6) is -0.408. The van der Waals surface area contributed by atoms with Gasteiger partial charge in [-0.3, -0.25) is 14.0 Å². The van der Waals surface area contributed by atoms with E-state index in [0.717, 1.165) is 16.3 Å². The maximum absolute atomic E-state index is 12.6. The predicted molar refractivity (Wildman–Crippen MR) is 113 cm³/mol. The highest BCUT2D eigenvalue weighted by Gasteiger charge is 2.21. The van der Waals surface area contributed by atoms with Gasteiger partial charge in [0, 0.05) is 12.7 Å². The van der Waals surface area contributed by atoms with Crippen LogP contribution in [0.25, 0.3) is 16.4 Å². The van der Waals surface area contributed by atoms with Crippen molar-refractivity contribution in [2.75, 3.05) is 13.7 Å². The van der Waals surface area contributed by atoms with Crippen molar-refractivity contribution in [3.8, 4) is 0 Å². The highest BCUT2D eigenvalue weighted by atomic mass is 16.5. The van der Waals surface area contributed by atoms with Crippen molar-refractivity contribution < 1.29 is 14.3 Å². The number of esters is 1. The number of nitrogens with one attached hydrogen (secondary N) is 1. The van der Waals surface area contributed by atoms with Crippen molar-refractivity contribution in [3.05, 3.63) is 77.7 Å². The number of carbonyl (C=O) groups is 2. The van der Waals surface area contributed by atoms with Crippen LogP contribution in [0.5, 0.6) is 0 Å². The standard InChI is InChI=1S/C23H22N4O3/c1-15-25-26-21-10-9-19(14-27(15)21)22(28)24-13-20(23(29)30-2)12-16-7-8-17-5-3-4-6-18(17)11-16/h3-11,14,20H,12-13H2,1-2H3,(H,24,28). The van der Waals surface area contributed by atoms with Crippen molar-refractivity contribution in [1.29, 1.82) is 0 Å². The fourth-order valence-electron chi connectivity index (χ4n) is 3.51. The third-order valence-electron chi connectivity index (χ3n) is 5.17. The highest BCUT2D eigenvalue weighted by Crippen LogP contribution is 2.18. The Morgan fingerprint density at radius 3 is 2.67 bits per heavy atom. The van der Waals surface area contributed by atoms with Crippen LogP contribution in [0, 0.1) is 12.8 Å². The van der Waals surface area contributed by atoms with E-state index in [2.05, 4.69) is 21.6 Å². The van der Waals surface area contributed by atoms with Crippen LogP contribution in [0.3, 0.4) is 0 Å². The molecule has 0 spiro atoms. The lowest BCUT2D eigenvalue weighted by atomic mass is 9.97. The van der Waals surface area contributed by atoms with E-state index < -0.39 is 5.92 Å². The minimum atomic E-state index is -0.486. The number of fused-ring (bicyclic) bond motifs is 2. The van der Waals surface area contributed by atoms with Crippen molar-refractivity contribution >= 4 is 28.3 Å². The normalized spacial score (nSPS) is 12.1. The summed E-state index contributed by atoms with van der Waals surface area (Å²) in [6.07, 6.45) is 2.16. The Morgan fingerprint density at radius 1 is 1.07 bits per heavy atom. The quantitative estimate of drug-likeness (QED) is 0.501. The molecule has 2 aromatic carbocycles. The number of amides is 1. The molecule has 30 heavy (non-hydrogen) atoms. The lowest BCUT2D eigenvalue weighted by molar-refractivity contribution is -0.145. The van der Waals surface area contributed by atoms with Crippen LogP contribution in [0.15, 0.2) is 60.8 Å². The predicted octanol–water partition coefficient (Wildman–Crippen LogP) is 2.95. The van der Waals surface area contributed by atoms with Crippen LogP contribution in [0.4, 0.5) is 0 Å². The number of rotatable bonds is 6. The third-order valence-corrected chi connectivity index (χ3v) is 5.17. The number of nitrogens with zero attached hydrogens (tertiary/aromatic N) is 3. The molecule has 1 amide bonds. The monoisotopic (exact) mass is 402 g/mol. The summed E-state index contributed by atoms with van der Waals surface area (Å²) in [6.45, 7) is 2.00. The van der Waals surface area contributed by atoms with Crippen LogP contribution in [-0.4, -0.2) is 40.1 Å². The first kappa shape index (κ1) is 19.6. The summed E-state index contributed by atoms with van der Waals surface area (Å²) >= 11 is 0. The largest absolute Gasteiger partial charge is 0.469 e. The molecule has 0 saturated carbocycles. The molecule has 152 valence electrons. The molecule has 0 aliphatic rings. The zero-order chi connectivity index (χ0) is 21.1. The topological polar surface area (TPSA) is 85.6 Å². The molecule has 1 atom stereocenters. The van der Waals surface area contributed by atoms with Crippen molar-refractivity contribution in [1.82, 2.24) is 19.9 Å². The molecule has 2 heterocycles. The smallest absolute Gasteiger partial charge is 0.310 e. The van der Waals surface area contributed by atoms with E-state index in [1.54, 1.807) is 22.7 Å². The van der Waals surface area contributed by atoms with E-state index in [9.17, 15) is 9.59 Å². The summed E-state index contributed by atoms with van der Waals surface area (Å²) in [5.41, 5.74) is 2.16. The molecule has 1 unspecified atom stereocenters. The molecule has 0 radical (unpaired) electrons. The summed E-state index contributed by atoms with van der Waals surface area (Å²) in [5, 5.41) is 13.1. The van der Waals surface area contributed by atoms with E-state index in [4.69, 9.17) is 4.74 Å². The van der Waals surface area contributed by atoms with E-state index in [0.29, 0.717) is 23.5 Å². The van der Waals surface area contributed by atoms with Crippen LogP contribution in [-0.2, 0) is 16.0 Å². The summed E-state index contributed by atoms with van der Waals surface area (Å²) < 4.78 is 6.71. The molecule has 4 rings (SSSR count). The van der Waals surface area contributed by atoms with E-state index >= 15 is 0 Å². The number of methoxy groups -OCH3 is 1. The summed E-state index contributed by atoms with van der Waals surface area (Å²) in [7, 11) is 1.36. The molecule has 0 saturated heterocycles. The first-order chi connectivity index (χ1) is 14.5. The van der Waals surface area contributed by atoms with Gasteiger partial charge >= 0.3 is 5.97 Å². The van der Waals surface area contributed by atoms with Crippen LogP contribution in [0.2, 0.25) is 0 Å². The Labute approximate surface area is 173 Å². The van der Waals surface area contributed by atoms with E-state index in [1.165, 1.54) is 7.11 Å². The second-order valence-electron chi connectivity index (χ2n) is 7.21. The Morgan fingerprint density at radius 2 is 1.87 bits per heavy atom. The average Bonchev–Trinajstić information content (AvgIpc) is 3.15. The number of pyridine rings is 1. The fourth-order valence-corrected chi connectivity index (χ4v) is 3.51. The molecule has 0 bridgehead atoms. The molecule has 7 nitrogen and oxygen atoms in total. The minimum Gasteiger partial charge on any atom is -0.469 e. The van der Waals surface area contributed by atoms with Gasteiger partial charge in [-0.2, -0.15) is 0 Å². The zero-order valence-electron chi connectivity index (χ0n) is 16.8. The maximum Gasteiger partial charge on any atom is 0.310 e. The second-order valence-corrected chi connectivity index (χ2v) is 7.21. The van der Waals surface area contributed by atoms with Crippen molar-refractivity contribution in [2.24, 2.45) is 5.92 Å². The molecule has 0 aliphatic carbocycles. The second kappa shape index (κ2) is 8.32. The van der Waals surface area contributed by atoms with Gasteiger partial charge in [-0.05, 0) is 41.8 Å². The van der Waals surface area contributed by atoms with Gasteiger partial charge < -0.3 is 10.1 Å². The lowest BCUT2D eigenvalue weighted by Gasteiger charge is -2.16. The van der Waals surface area contributed by atoms with Gasteiger partial charge in [0.05, 0.1) is 18.6 Å². The number of carbonyl (C=O) groups excluding carboxylic acids is 2. The Balaban J connectivity index is 1.48. The summed E-state index contributed by atoms with van der Waals surface area (Å²) in [6, 6.07) is 17.6. The Hall–Kier alpha value is -3.74. The van der Waals surface area contributed by atoms with Gasteiger partial charge in [0.15, 0.2) is 5.65 Å². The molecule has 2 aromatic heterocycles. The van der Waals surface area contributed by atoms with Crippen molar-refractivity contribution in [2.45, 2.75) is 13.3 Å². The first-order valence-electron chi connectivity index (χ1n) is 9.70. The summed E-state index contributed by atoms with van der Waals surface area (Å²) in [4.78, 5) is 25.0. The van der Waals surface area contributed by atoms with Crippen LogP contribution >= 0.6 is 0 Å². The first-order valence-corrected chi connectivity index (χ1v) is 9.70. The number of hydrogen-bond acceptors (Lipinski definition) is 5. The number of hydrogen-bond donors (Lipinski definition) is 1. The van der Waals surface area contributed by atoms with Crippen LogP contribution in [0.1, 0.15) is 21.7 Å². The van der Waals surface area contributed by atoms with Gasteiger partial charge in [-0.25, -0.2) is 0 Å². The molecule has 7 heteroatoms. The number of benzene rings is 2. The molecular weight excluding hydrogens is 380 g/mol. The van der Waals surface area contributed by atoms with Crippen molar-refractivity contribution in [3.63, 3.8) is 0 Å². The fraction of sp³-hybridized carbons (Fsp3) is 0.217. The lowest BCUT2D eigenvalue weighted by Crippen LogP contribution is -2.34. The number of ether oxygens (including phenoxy) is 1. The molecular formula is C23H22N4O3. The Kier molecular flexibility index (Phi) is 5.43. The SMILES string of the molecule is COC(=O)C(CNC(=O)c1ccc2nnc(C)n2c1)Cc1ccc2ccccc2c1. The molecule has 1 N–H and O–H groups in total. The minimum absolute atomic E-state index is 0.178. The van der Waals surface area contributed by atoms with E-state index in [-0.39, 0.29) is 18.4 Å². The molecule has 0 aliphatic heterocycles. The molecule has 0 fully saturated rings. The Bertz CT molecular complexity index is 1230. The van der Waals surface area contributed by atoms with Gasteiger partial charge in [-0.15, -0.1) is 10.2 Å². The molecule has 4 aromatic rings.